The van der Waals surface area contributed by atoms with Crippen LogP contribution in [0.4, 0.5) is 0 Å². The molecule has 12 aromatic carbocycles. The van der Waals surface area contributed by atoms with Crippen LogP contribution in [0.2, 0.25) is 0 Å². The van der Waals surface area contributed by atoms with Crippen LogP contribution in [0.3, 0.4) is 0 Å². The molecule has 2 heteroatoms. The van der Waals surface area contributed by atoms with Crippen molar-refractivity contribution in [1.82, 2.24) is 0 Å². The average molecular weight is 958 g/mol. The topological polar surface area (TPSA) is 0 Å². The standard InChI is InChI=1S/C64H44Ge2/c65-60-35-9-7-23-47(60)43-22-11-21-42(37-43)46-27-14-31-52-58(46)39-59-48(54-33-16-34-55-49-24-8-10-36-61(49)66-64(54)55)28-15-32-53(59)63(52)62-50-29-12-25-44(40-17-3-1-4-18-40)56(50)38-57-45(26-13-30-51(57)62)41-19-5-2-6-20-41/h1-39H,66H2,65H3. The Bertz CT molecular complexity index is 3810. The molecule has 0 saturated carbocycles. The van der Waals surface area contributed by atoms with E-state index in [-0.39, 0.29) is 0 Å². The summed E-state index contributed by atoms with van der Waals surface area (Å²) in [5.74, 6) is 0. The van der Waals surface area contributed by atoms with Gasteiger partial charge in [-0.1, -0.05) is 36.4 Å². The van der Waals surface area contributed by atoms with Crippen LogP contribution in [-0.2, 0) is 0 Å². The van der Waals surface area contributed by atoms with Crippen molar-refractivity contribution >= 4 is 88.2 Å². The summed E-state index contributed by atoms with van der Waals surface area (Å²) in [6, 6.07) is 89.4. The fraction of sp³-hybridized carbons (Fsp3) is 0. The number of hydrogen-bond donors (Lipinski definition) is 0. The third-order valence-corrected chi connectivity index (χ3v) is 20.5. The van der Waals surface area contributed by atoms with Crippen LogP contribution in [0.15, 0.2) is 237 Å². The fourth-order valence-corrected chi connectivity index (χ4v) is 17.1. The Morgan fingerprint density at radius 1 is 0.242 bits per heavy atom. The van der Waals surface area contributed by atoms with Gasteiger partial charge in [0.1, 0.15) is 0 Å². The Labute approximate surface area is 399 Å². The summed E-state index contributed by atoms with van der Waals surface area (Å²) in [5, 5.41) is 10.2. The zero-order valence-corrected chi connectivity index (χ0v) is 43.9. The summed E-state index contributed by atoms with van der Waals surface area (Å²) in [6.45, 7) is 0. The molecule has 0 radical (unpaired) electrons. The van der Waals surface area contributed by atoms with Crippen molar-refractivity contribution in [3.63, 3.8) is 0 Å². The molecule has 0 spiro atoms. The summed E-state index contributed by atoms with van der Waals surface area (Å²) < 4.78 is 4.65. The van der Waals surface area contributed by atoms with Gasteiger partial charge in [-0.2, -0.15) is 0 Å². The van der Waals surface area contributed by atoms with Crippen LogP contribution >= 0.6 is 0 Å². The summed E-state index contributed by atoms with van der Waals surface area (Å²) in [4.78, 5) is 0. The minimum atomic E-state index is -1.26. The first-order chi connectivity index (χ1) is 32.7. The molecule has 66 heavy (non-hydrogen) atoms. The first-order valence-electron chi connectivity index (χ1n) is 23.1. The van der Waals surface area contributed by atoms with Crippen molar-refractivity contribution in [2.75, 3.05) is 0 Å². The Hall–Kier alpha value is -7.23. The summed E-state index contributed by atoms with van der Waals surface area (Å²) >= 11 is -0.701. The van der Waals surface area contributed by atoms with Crippen LogP contribution in [0.5, 0.6) is 0 Å². The van der Waals surface area contributed by atoms with E-state index in [1.807, 2.05) is 0 Å². The molecule has 1 aliphatic rings. The van der Waals surface area contributed by atoms with E-state index in [1.54, 1.807) is 8.79 Å². The summed E-state index contributed by atoms with van der Waals surface area (Å²) in [5.41, 5.74) is 18.2. The molecule has 0 atom stereocenters. The molecule has 308 valence electrons. The van der Waals surface area contributed by atoms with Gasteiger partial charge in [0.05, 0.1) is 0 Å². The molecule has 0 unspecified atom stereocenters. The van der Waals surface area contributed by atoms with E-state index in [2.05, 4.69) is 237 Å². The quantitative estimate of drug-likeness (QED) is 0.115. The predicted molar refractivity (Wildman–Crippen MR) is 292 cm³/mol. The van der Waals surface area contributed by atoms with E-state index in [1.165, 1.54) is 125 Å². The average Bonchev–Trinajstić information content (AvgIpc) is 3.77. The molecule has 0 aromatic heterocycles. The van der Waals surface area contributed by atoms with Gasteiger partial charge in [0, 0.05) is 0 Å². The van der Waals surface area contributed by atoms with E-state index < -0.39 is 15.4 Å². The SMILES string of the molecule is [GeH3][c]1ccccc1-c1cccc(-c2cccc3c(-c4c5cccc(-c6ccccc6)c5cc5c(-c6ccccc6)cccc45)c4cccc(-c5cccc6[c]5[GeH2][c]5ccccc5-6)c4cc23)c1. The Kier molecular flexibility index (Phi) is 9.51. The Balaban J connectivity index is 1.19. The van der Waals surface area contributed by atoms with Gasteiger partial charge in [-0.25, -0.2) is 0 Å². The maximum atomic E-state index is 2.54. The van der Waals surface area contributed by atoms with Crippen molar-refractivity contribution in [1.29, 1.82) is 0 Å². The number of benzene rings is 12. The van der Waals surface area contributed by atoms with Gasteiger partial charge >= 0.3 is 366 Å². The van der Waals surface area contributed by atoms with E-state index in [0.717, 1.165) is 0 Å². The van der Waals surface area contributed by atoms with Crippen molar-refractivity contribution in [2.45, 2.75) is 0 Å². The number of hydrogen-bond acceptors (Lipinski definition) is 0. The summed E-state index contributed by atoms with van der Waals surface area (Å²) in [6.07, 6.45) is 0. The van der Waals surface area contributed by atoms with Gasteiger partial charge in [0.2, 0.25) is 0 Å². The third kappa shape index (κ3) is 6.35. The zero-order chi connectivity index (χ0) is 43.7. The van der Waals surface area contributed by atoms with Crippen LogP contribution in [0.1, 0.15) is 0 Å². The van der Waals surface area contributed by atoms with Gasteiger partial charge < -0.3 is 0 Å². The Morgan fingerprint density at radius 3 is 1.17 bits per heavy atom. The first-order valence-corrected chi connectivity index (χ1v) is 28.2. The van der Waals surface area contributed by atoms with Gasteiger partial charge in [-0.15, -0.1) is 0 Å². The number of fused-ring (bicyclic) bond motifs is 7. The molecule has 0 aliphatic carbocycles. The van der Waals surface area contributed by atoms with Crippen molar-refractivity contribution in [3.8, 4) is 77.9 Å². The fourth-order valence-electron chi connectivity index (χ4n) is 11.3. The van der Waals surface area contributed by atoms with Gasteiger partial charge in [0.25, 0.3) is 0 Å². The molecule has 13 rings (SSSR count). The molecule has 1 aliphatic heterocycles. The van der Waals surface area contributed by atoms with E-state index >= 15 is 0 Å². The van der Waals surface area contributed by atoms with Gasteiger partial charge in [-0.05, 0) is 0 Å². The molecule has 0 bridgehead atoms. The molecular weight excluding hydrogens is 914 g/mol. The molecule has 0 fully saturated rings. The van der Waals surface area contributed by atoms with Crippen molar-refractivity contribution < 1.29 is 0 Å². The zero-order valence-electron chi connectivity index (χ0n) is 36.7. The van der Waals surface area contributed by atoms with Gasteiger partial charge in [0.15, 0.2) is 0 Å². The second kappa shape index (κ2) is 16.0. The summed E-state index contributed by atoms with van der Waals surface area (Å²) in [7, 11) is 0. The maximum absolute atomic E-state index is 2.54. The number of rotatable bonds is 6. The molecular formula is C64H44Ge2. The normalized spacial score (nSPS) is 12.4. The third-order valence-electron chi connectivity index (χ3n) is 14.3. The second-order valence-electron chi connectivity index (χ2n) is 17.9. The van der Waals surface area contributed by atoms with Crippen molar-refractivity contribution in [3.05, 3.63) is 237 Å². The van der Waals surface area contributed by atoms with E-state index in [4.69, 9.17) is 0 Å². The molecule has 0 N–H and O–H groups in total. The van der Waals surface area contributed by atoms with Crippen LogP contribution < -0.4 is 13.2 Å². The van der Waals surface area contributed by atoms with Crippen LogP contribution in [0.25, 0.3) is 121 Å². The van der Waals surface area contributed by atoms with Gasteiger partial charge in [-0.3, -0.25) is 0 Å². The molecule has 12 aromatic rings. The Morgan fingerprint density at radius 2 is 0.606 bits per heavy atom. The van der Waals surface area contributed by atoms with E-state index in [0.29, 0.717) is 16.5 Å². The molecule has 0 amide bonds. The minimum absolute atomic E-state index is 0.564. The first kappa shape index (κ1) is 39.2. The molecule has 1 heterocycles. The molecule has 0 nitrogen and oxygen atoms in total. The second-order valence-corrected chi connectivity index (χ2v) is 24.0. The van der Waals surface area contributed by atoms with E-state index in [9.17, 15) is 0 Å². The van der Waals surface area contributed by atoms with Crippen LogP contribution in [0, 0.1) is 0 Å². The molecule has 0 saturated heterocycles. The van der Waals surface area contributed by atoms with Crippen LogP contribution in [-0.4, -0.2) is 31.9 Å². The predicted octanol–water partition coefficient (Wildman–Crippen LogP) is 13.4. The van der Waals surface area contributed by atoms with Crippen molar-refractivity contribution in [2.24, 2.45) is 0 Å². The monoisotopic (exact) mass is 960 g/mol.